The number of piperidine rings is 1. The second-order valence-corrected chi connectivity index (χ2v) is 6.96. The maximum absolute atomic E-state index is 12.8. The molecule has 2 amide bonds. The van der Waals surface area contributed by atoms with Crippen LogP contribution in [0.4, 0.5) is 0 Å². The number of aromatic nitrogens is 2. The second-order valence-electron chi connectivity index (χ2n) is 6.96. The molecule has 3 rings (SSSR count). The lowest BCUT2D eigenvalue weighted by molar-refractivity contribution is -0.126. The van der Waals surface area contributed by atoms with E-state index in [4.69, 9.17) is 0 Å². The number of nitrogens with zero attached hydrogens (tertiary/aromatic N) is 3. The fourth-order valence-electron chi connectivity index (χ4n) is 3.28. The van der Waals surface area contributed by atoms with Gasteiger partial charge in [0, 0.05) is 31.1 Å². The van der Waals surface area contributed by atoms with Crippen LogP contribution in [0.15, 0.2) is 18.2 Å². The minimum Gasteiger partial charge on any atom is -0.356 e. The van der Waals surface area contributed by atoms with E-state index < -0.39 is 0 Å². The number of carbonyl (C=O) groups excluding carboxylic acids is 2. The van der Waals surface area contributed by atoms with Gasteiger partial charge in [0.25, 0.3) is 5.91 Å². The molecule has 1 fully saturated rings. The number of carbonyl (C=O) groups is 2. The van der Waals surface area contributed by atoms with Crippen molar-refractivity contribution >= 4 is 22.8 Å². The summed E-state index contributed by atoms with van der Waals surface area (Å²) in [5.74, 6) is 0.129. The Hall–Kier alpha value is -2.50. The SMILES string of the molecule is CCCNC(=O)C1CCN(C(=O)c2ccc3nc(C)c(C)nc3c2)CC1. The molecule has 1 aliphatic rings. The third-order valence-corrected chi connectivity index (χ3v) is 5.02. The van der Waals surface area contributed by atoms with Crippen LogP contribution in [0.1, 0.15) is 47.9 Å². The van der Waals surface area contributed by atoms with Gasteiger partial charge in [-0.25, -0.2) is 9.97 Å². The van der Waals surface area contributed by atoms with Crippen molar-refractivity contribution in [2.45, 2.75) is 40.0 Å². The highest BCUT2D eigenvalue weighted by atomic mass is 16.2. The Morgan fingerprint density at radius 1 is 1.12 bits per heavy atom. The quantitative estimate of drug-likeness (QED) is 0.916. The zero-order chi connectivity index (χ0) is 18.7. The molecule has 1 aromatic heterocycles. The molecule has 2 aromatic rings. The second kappa shape index (κ2) is 7.81. The zero-order valence-corrected chi connectivity index (χ0v) is 15.7. The van der Waals surface area contributed by atoms with E-state index in [0.29, 0.717) is 31.5 Å². The van der Waals surface area contributed by atoms with Gasteiger partial charge in [0.05, 0.1) is 22.4 Å². The van der Waals surface area contributed by atoms with Gasteiger partial charge in [-0.05, 0) is 51.3 Å². The lowest BCUT2D eigenvalue weighted by Crippen LogP contribution is -2.43. The summed E-state index contributed by atoms with van der Waals surface area (Å²) < 4.78 is 0. The summed E-state index contributed by atoms with van der Waals surface area (Å²) in [6.07, 6.45) is 2.37. The van der Waals surface area contributed by atoms with Crippen LogP contribution in [0.25, 0.3) is 11.0 Å². The highest BCUT2D eigenvalue weighted by molar-refractivity contribution is 5.97. The van der Waals surface area contributed by atoms with Crippen molar-refractivity contribution in [3.05, 3.63) is 35.2 Å². The van der Waals surface area contributed by atoms with E-state index in [1.165, 1.54) is 0 Å². The lowest BCUT2D eigenvalue weighted by Gasteiger charge is -2.31. The van der Waals surface area contributed by atoms with E-state index >= 15 is 0 Å². The highest BCUT2D eigenvalue weighted by Crippen LogP contribution is 2.21. The Labute approximate surface area is 154 Å². The molecule has 0 saturated carbocycles. The van der Waals surface area contributed by atoms with Gasteiger partial charge < -0.3 is 10.2 Å². The number of rotatable bonds is 4. The van der Waals surface area contributed by atoms with Crippen LogP contribution in [0.3, 0.4) is 0 Å². The first-order valence-electron chi connectivity index (χ1n) is 9.31. The monoisotopic (exact) mass is 354 g/mol. The molecule has 138 valence electrons. The summed E-state index contributed by atoms with van der Waals surface area (Å²) >= 11 is 0. The van der Waals surface area contributed by atoms with Gasteiger partial charge in [-0.3, -0.25) is 9.59 Å². The van der Waals surface area contributed by atoms with Gasteiger partial charge in [0.15, 0.2) is 0 Å². The number of amides is 2. The fourth-order valence-corrected chi connectivity index (χ4v) is 3.28. The molecule has 26 heavy (non-hydrogen) atoms. The minimum absolute atomic E-state index is 0.000607. The van der Waals surface area contributed by atoms with E-state index in [9.17, 15) is 9.59 Å². The minimum atomic E-state index is -0.000607. The van der Waals surface area contributed by atoms with E-state index in [-0.39, 0.29) is 17.7 Å². The van der Waals surface area contributed by atoms with Crippen LogP contribution in [0.2, 0.25) is 0 Å². The first-order valence-corrected chi connectivity index (χ1v) is 9.31. The average Bonchev–Trinajstić information content (AvgIpc) is 2.66. The molecule has 1 N–H and O–H groups in total. The maximum Gasteiger partial charge on any atom is 0.253 e. The van der Waals surface area contributed by atoms with Crippen LogP contribution >= 0.6 is 0 Å². The Morgan fingerprint density at radius 3 is 2.42 bits per heavy atom. The van der Waals surface area contributed by atoms with Crippen molar-refractivity contribution < 1.29 is 9.59 Å². The van der Waals surface area contributed by atoms with Crippen molar-refractivity contribution in [1.29, 1.82) is 0 Å². The molecule has 0 radical (unpaired) electrons. The van der Waals surface area contributed by atoms with Gasteiger partial charge in [0.1, 0.15) is 0 Å². The van der Waals surface area contributed by atoms with Gasteiger partial charge in [-0.1, -0.05) is 6.92 Å². The molecule has 2 heterocycles. The van der Waals surface area contributed by atoms with E-state index in [0.717, 1.165) is 35.4 Å². The first-order chi connectivity index (χ1) is 12.5. The largest absolute Gasteiger partial charge is 0.356 e. The van der Waals surface area contributed by atoms with Crippen LogP contribution in [0.5, 0.6) is 0 Å². The number of nitrogens with one attached hydrogen (secondary N) is 1. The Morgan fingerprint density at radius 2 is 1.77 bits per heavy atom. The van der Waals surface area contributed by atoms with Crippen molar-refractivity contribution in [3.8, 4) is 0 Å². The molecule has 0 aliphatic carbocycles. The van der Waals surface area contributed by atoms with E-state index in [1.807, 2.05) is 43.9 Å². The summed E-state index contributed by atoms with van der Waals surface area (Å²) in [5.41, 5.74) is 3.95. The molecule has 0 unspecified atom stereocenters. The van der Waals surface area contributed by atoms with Crippen molar-refractivity contribution in [1.82, 2.24) is 20.2 Å². The standard InChI is InChI=1S/C20H26N4O2/c1-4-9-21-19(25)15-7-10-24(11-8-15)20(26)16-5-6-17-18(12-16)23-14(3)13(2)22-17/h5-6,12,15H,4,7-11H2,1-3H3,(H,21,25). The summed E-state index contributed by atoms with van der Waals surface area (Å²) in [5, 5.41) is 2.95. The fraction of sp³-hybridized carbons (Fsp3) is 0.500. The van der Waals surface area contributed by atoms with Crippen LogP contribution in [-0.2, 0) is 4.79 Å². The van der Waals surface area contributed by atoms with Crippen LogP contribution in [0, 0.1) is 19.8 Å². The molecule has 0 atom stereocenters. The summed E-state index contributed by atoms with van der Waals surface area (Å²) in [6, 6.07) is 5.48. The van der Waals surface area contributed by atoms with Gasteiger partial charge in [-0.15, -0.1) is 0 Å². The molecular weight excluding hydrogens is 328 g/mol. The number of hydrogen-bond acceptors (Lipinski definition) is 4. The maximum atomic E-state index is 12.8. The molecule has 6 nitrogen and oxygen atoms in total. The van der Waals surface area contributed by atoms with Crippen molar-refractivity contribution in [2.75, 3.05) is 19.6 Å². The van der Waals surface area contributed by atoms with E-state index in [1.54, 1.807) is 0 Å². The molecule has 6 heteroatoms. The summed E-state index contributed by atoms with van der Waals surface area (Å²) in [6.45, 7) is 7.83. The molecule has 0 spiro atoms. The van der Waals surface area contributed by atoms with E-state index in [2.05, 4.69) is 15.3 Å². The van der Waals surface area contributed by atoms with Crippen LogP contribution < -0.4 is 5.32 Å². The molecule has 1 aromatic carbocycles. The van der Waals surface area contributed by atoms with Gasteiger partial charge in [-0.2, -0.15) is 0 Å². The Balaban J connectivity index is 1.68. The number of likely N-dealkylation sites (tertiary alicyclic amines) is 1. The van der Waals surface area contributed by atoms with Crippen molar-refractivity contribution in [3.63, 3.8) is 0 Å². The number of hydrogen-bond donors (Lipinski definition) is 1. The highest BCUT2D eigenvalue weighted by Gasteiger charge is 2.27. The third kappa shape index (κ3) is 3.84. The first kappa shape index (κ1) is 18.3. The zero-order valence-electron chi connectivity index (χ0n) is 15.7. The number of aryl methyl sites for hydroxylation is 2. The number of benzene rings is 1. The topological polar surface area (TPSA) is 75.2 Å². The molecule has 1 saturated heterocycles. The Kier molecular flexibility index (Phi) is 5.49. The molecule has 0 bridgehead atoms. The number of fused-ring (bicyclic) bond motifs is 1. The molecular formula is C20H26N4O2. The lowest BCUT2D eigenvalue weighted by atomic mass is 9.95. The van der Waals surface area contributed by atoms with Gasteiger partial charge >= 0.3 is 0 Å². The summed E-state index contributed by atoms with van der Waals surface area (Å²) in [4.78, 5) is 35.8. The smallest absolute Gasteiger partial charge is 0.253 e. The third-order valence-electron chi connectivity index (χ3n) is 5.02. The predicted molar refractivity (Wildman–Crippen MR) is 101 cm³/mol. The van der Waals surface area contributed by atoms with Crippen LogP contribution in [-0.4, -0.2) is 46.3 Å². The van der Waals surface area contributed by atoms with Crippen molar-refractivity contribution in [2.24, 2.45) is 5.92 Å². The Bertz CT molecular complexity index is 826. The summed E-state index contributed by atoms with van der Waals surface area (Å²) in [7, 11) is 0. The average molecular weight is 354 g/mol. The molecule has 1 aliphatic heterocycles. The normalized spacial score (nSPS) is 15.3. The predicted octanol–water partition coefficient (Wildman–Crippen LogP) is 2.63. The van der Waals surface area contributed by atoms with Gasteiger partial charge in [0.2, 0.25) is 5.91 Å².